The highest BCUT2D eigenvalue weighted by Gasteiger charge is 2.35. The van der Waals surface area contributed by atoms with Gasteiger partial charge in [0, 0.05) is 31.9 Å². The minimum atomic E-state index is -5.08. The molecule has 0 saturated heterocycles. The third kappa shape index (κ3) is 5.00. The Hall–Kier alpha value is -2.62. The number of hydrogen-bond donors (Lipinski definition) is 0. The molecule has 2 aromatic carbocycles. The van der Waals surface area contributed by atoms with Crippen LogP contribution in [0.15, 0.2) is 36.4 Å². The second-order valence-electron chi connectivity index (χ2n) is 6.09. The molecule has 1 aliphatic heterocycles. The maximum atomic E-state index is 12.8. The molecule has 0 unspecified atom stereocenters. The number of alkyl halides is 6. The van der Waals surface area contributed by atoms with E-state index in [2.05, 4.69) is 14.8 Å². The van der Waals surface area contributed by atoms with Crippen LogP contribution < -0.4 is 19.7 Å². The Labute approximate surface area is 156 Å². The smallest absolute Gasteiger partial charge is 0.406 e. The third-order valence-corrected chi connectivity index (χ3v) is 4.15. The van der Waals surface area contributed by atoms with Crippen molar-refractivity contribution in [3.63, 3.8) is 0 Å². The molecule has 0 N–H and O–H groups in total. The minimum Gasteiger partial charge on any atom is -0.406 e. The van der Waals surface area contributed by atoms with Crippen LogP contribution in [0.4, 0.5) is 37.7 Å². The molecule has 3 rings (SSSR count). The number of halogens is 6. The van der Waals surface area contributed by atoms with Crippen LogP contribution >= 0.6 is 0 Å². The van der Waals surface area contributed by atoms with Crippen molar-refractivity contribution in [2.75, 3.05) is 18.5 Å². The lowest BCUT2D eigenvalue weighted by Gasteiger charge is -2.25. The van der Waals surface area contributed by atoms with E-state index in [9.17, 15) is 26.3 Å². The minimum absolute atomic E-state index is 0.0699. The molecule has 151 valence electrons. The van der Waals surface area contributed by atoms with Crippen molar-refractivity contribution in [3.05, 3.63) is 47.5 Å². The fourth-order valence-electron chi connectivity index (χ4n) is 2.93. The third-order valence-electron chi connectivity index (χ3n) is 4.15. The molecule has 1 heterocycles. The van der Waals surface area contributed by atoms with Crippen LogP contribution in [0.25, 0.3) is 0 Å². The number of nitrogens with zero attached hydrogens (tertiary/aromatic N) is 2. The Bertz CT molecular complexity index is 851. The van der Waals surface area contributed by atoms with Crippen molar-refractivity contribution in [3.8, 4) is 11.5 Å². The SMILES string of the molecule is CN(c1ccc2c(c1)C[N]CC2)c1ccc(OC(F)(F)F)cc1OC(F)(F)F. The fraction of sp³-hybridized carbons (Fsp3) is 0.333. The molecule has 2 aromatic rings. The van der Waals surface area contributed by atoms with Crippen molar-refractivity contribution >= 4 is 11.4 Å². The van der Waals surface area contributed by atoms with Crippen LogP contribution in [0, 0.1) is 0 Å². The zero-order valence-electron chi connectivity index (χ0n) is 14.6. The first-order valence-electron chi connectivity index (χ1n) is 8.16. The maximum absolute atomic E-state index is 12.8. The molecule has 0 amide bonds. The first kappa shape index (κ1) is 20.1. The number of ether oxygens (including phenoxy) is 2. The molecule has 1 radical (unpaired) electrons. The number of rotatable bonds is 4. The highest BCUT2D eigenvalue weighted by atomic mass is 19.4. The molecule has 0 spiro atoms. The van der Waals surface area contributed by atoms with Crippen molar-refractivity contribution in [1.82, 2.24) is 5.32 Å². The van der Waals surface area contributed by atoms with E-state index in [0.29, 0.717) is 24.8 Å². The molecule has 0 aliphatic carbocycles. The van der Waals surface area contributed by atoms with Crippen molar-refractivity contribution < 1.29 is 35.8 Å². The van der Waals surface area contributed by atoms with Crippen molar-refractivity contribution in [2.24, 2.45) is 0 Å². The van der Waals surface area contributed by atoms with E-state index in [1.54, 1.807) is 12.1 Å². The van der Waals surface area contributed by atoms with Gasteiger partial charge in [0.1, 0.15) is 5.75 Å². The second-order valence-corrected chi connectivity index (χ2v) is 6.09. The molecular formula is C18H15F6N2O2. The van der Waals surface area contributed by atoms with Crippen LogP contribution in [-0.2, 0) is 13.0 Å². The van der Waals surface area contributed by atoms with Gasteiger partial charge in [0.25, 0.3) is 0 Å². The Balaban J connectivity index is 1.96. The maximum Gasteiger partial charge on any atom is 0.573 e. The molecule has 1 aliphatic rings. The van der Waals surface area contributed by atoms with Crippen LogP contribution in [0.2, 0.25) is 0 Å². The number of hydrogen-bond acceptors (Lipinski definition) is 3. The molecule has 28 heavy (non-hydrogen) atoms. The Morgan fingerprint density at radius 1 is 0.893 bits per heavy atom. The molecule has 0 saturated carbocycles. The highest BCUT2D eigenvalue weighted by Crippen LogP contribution is 2.40. The molecule has 0 aromatic heterocycles. The van der Waals surface area contributed by atoms with E-state index >= 15 is 0 Å². The summed E-state index contributed by atoms with van der Waals surface area (Å²) in [5, 5.41) is 4.29. The monoisotopic (exact) mass is 405 g/mol. The number of fused-ring (bicyclic) bond motifs is 1. The summed E-state index contributed by atoms with van der Waals surface area (Å²) in [5.41, 5.74) is 2.53. The fourth-order valence-corrected chi connectivity index (χ4v) is 2.93. The first-order chi connectivity index (χ1) is 13.0. The zero-order chi connectivity index (χ0) is 20.5. The normalized spacial score (nSPS) is 14.4. The van der Waals surface area contributed by atoms with Crippen LogP contribution in [-0.4, -0.2) is 26.3 Å². The molecule has 0 fully saturated rings. The van der Waals surface area contributed by atoms with Gasteiger partial charge in [-0.2, -0.15) is 0 Å². The van der Waals surface area contributed by atoms with Gasteiger partial charge < -0.3 is 14.4 Å². The summed E-state index contributed by atoms with van der Waals surface area (Å²) in [7, 11) is 1.49. The summed E-state index contributed by atoms with van der Waals surface area (Å²) in [4.78, 5) is 1.40. The lowest BCUT2D eigenvalue weighted by molar-refractivity contribution is -0.276. The predicted molar refractivity (Wildman–Crippen MR) is 88.7 cm³/mol. The lowest BCUT2D eigenvalue weighted by Crippen LogP contribution is -2.21. The van der Waals surface area contributed by atoms with E-state index in [0.717, 1.165) is 29.7 Å². The zero-order valence-corrected chi connectivity index (χ0v) is 14.6. The van der Waals surface area contributed by atoms with Gasteiger partial charge in [-0.05, 0) is 41.8 Å². The highest BCUT2D eigenvalue weighted by molar-refractivity contribution is 5.70. The van der Waals surface area contributed by atoms with Crippen LogP contribution in [0.3, 0.4) is 0 Å². The van der Waals surface area contributed by atoms with Crippen molar-refractivity contribution in [2.45, 2.75) is 25.7 Å². The van der Waals surface area contributed by atoms with E-state index in [1.807, 2.05) is 6.07 Å². The van der Waals surface area contributed by atoms with E-state index < -0.39 is 24.2 Å². The summed E-state index contributed by atoms with van der Waals surface area (Å²) >= 11 is 0. The number of anilines is 2. The Morgan fingerprint density at radius 3 is 2.29 bits per heavy atom. The summed E-state index contributed by atoms with van der Waals surface area (Å²) in [6.07, 6.45) is -9.34. The largest absolute Gasteiger partial charge is 0.573 e. The predicted octanol–water partition coefficient (Wildman–Crippen LogP) is 4.91. The molecule has 0 atom stereocenters. The second kappa shape index (κ2) is 7.42. The van der Waals surface area contributed by atoms with Gasteiger partial charge in [-0.25, -0.2) is 5.32 Å². The quantitative estimate of drug-likeness (QED) is 0.678. The van der Waals surface area contributed by atoms with Gasteiger partial charge in [0.15, 0.2) is 5.75 Å². The summed E-state index contributed by atoms with van der Waals surface area (Å²) in [5.74, 6) is -1.62. The molecule has 10 heteroatoms. The van der Waals surface area contributed by atoms with Crippen LogP contribution in [0.5, 0.6) is 11.5 Å². The molecule has 0 bridgehead atoms. The Morgan fingerprint density at radius 2 is 1.61 bits per heavy atom. The topological polar surface area (TPSA) is 35.8 Å². The Kier molecular flexibility index (Phi) is 5.33. The summed E-state index contributed by atoms with van der Waals surface area (Å²) in [6.45, 7) is 1.22. The molecular weight excluding hydrogens is 390 g/mol. The summed E-state index contributed by atoms with van der Waals surface area (Å²) in [6, 6.07) is 7.93. The average molecular weight is 405 g/mol. The van der Waals surface area contributed by atoms with E-state index in [4.69, 9.17) is 0 Å². The van der Waals surface area contributed by atoms with Gasteiger partial charge in [0.2, 0.25) is 0 Å². The summed E-state index contributed by atoms with van der Waals surface area (Å²) < 4.78 is 83.1. The lowest BCUT2D eigenvalue weighted by atomic mass is 10.00. The van der Waals surface area contributed by atoms with Gasteiger partial charge in [-0.1, -0.05) is 6.07 Å². The van der Waals surface area contributed by atoms with Crippen molar-refractivity contribution in [1.29, 1.82) is 0 Å². The average Bonchev–Trinajstić information content (AvgIpc) is 2.58. The van der Waals surface area contributed by atoms with Crippen LogP contribution in [0.1, 0.15) is 11.1 Å². The van der Waals surface area contributed by atoms with E-state index in [1.165, 1.54) is 11.9 Å². The van der Waals surface area contributed by atoms with Gasteiger partial charge in [-0.3, -0.25) is 0 Å². The van der Waals surface area contributed by atoms with E-state index in [-0.39, 0.29) is 5.69 Å². The first-order valence-corrected chi connectivity index (χ1v) is 8.16. The number of benzene rings is 2. The molecule has 4 nitrogen and oxygen atoms in total. The van der Waals surface area contributed by atoms with Gasteiger partial charge >= 0.3 is 12.7 Å². The standard InChI is InChI=1S/C18H15F6N2O2/c1-26(13-3-2-11-6-7-25-10-12(11)8-13)15-5-4-14(27-17(19,20)21)9-16(15)28-18(22,23)24/h2-5,8-9H,6-7,10H2,1H3. The van der Waals surface area contributed by atoms with Gasteiger partial charge in [0.05, 0.1) is 5.69 Å². The van der Waals surface area contributed by atoms with Gasteiger partial charge in [-0.15, -0.1) is 26.3 Å².